The zero-order chi connectivity index (χ0) is 19.2. The van der Waals surface area contributed by atoms with Crippen LogP contribution in [0.4, 0.5) is 4.39 Å². The van der Waals surface area contributed by atoms with E-state index in [-0.39, 0.29) is 18.3 Å². The Hall–Kier alpha value is -2.93. The summed E-state index contributed by atoms with van der Waals surface area (Å²) in [5, 5.41) is 2.74. The van der Waals surface area contributed by atoms with Gasteiger partial charge in [0.15, 0.2) is 0 Å². The van der Waals surface area contributed by atoms with Gasteiger partial charge in [-0.05, 0) is 42.0 Å². The molecule has 1 amide bonds. The van der Waals surface area contributed by atoms with Gasteiger partial charge < -0.3 is 14.6 Å². The summed E-state index contributed by atoms with van der Waals surface area (Å²) < 4.78 is 22.0. The number of carbonyl (C=O) groups is 1. The van der Waals surface area contributed by atoms with Crippen molar-refractivity contribution in [1.29, 1.82) is 0 Å². The zero-order valence-corrected chi connectivity index (χ0v) is 16.1. The van der Waals surface area contributed by atoms with Gasteiger partial charge in [0, 0.05) is 35.1 Å². The van der Waals surface area contributed by atoms with Crippen LogP contribution in [0.5, 0.6) is 5.75 Å². The molecule has 0 unspecified atom stereocenters. The van der Waals surface area contributed by atoms with Gasteiger partial charge in [-0.1, -0.05) is 22.0 Å². The Kier molecular flexibility index (Phi) is 6.03. The molecule has 7 heteroatoms. The molecule has 3 rings (SSSR count). The minimum absolute atomic E-state index is 0.222. The molecule has 1 heterocycles. The van der Waals surface area contributed by atoms with Crippen LogP contribution in [0.3, 0.4) is 0 Å². The molecule has 0 bridgehead atoms. The number of benzene rings is 2. The topological polar surface area (TPSA) is 56.1 Å². The molecular weight excluding hydrogens is 413 g/mol. The molecule has 1 N–H and O–H groups in total. The summed E-state index contributed by atoms with van der Waals surface area (Å²) in [6.45, 7) is 0.222. The maximum Gasteiger partial charge on any atom is 0.244 e. The fourth-order valence-electron chi connectivity index (χ4n) is 2.52. The molecule has 0 aliphatic rings. The minimum Gasteiger partial charge on any atom is -0.496 e. The van der Waals surface area contributed by atoms with Gasteiger partial charge in [-0.25, -0.2) is 9.37 Å². The highest BCUT2D eigenvalue weighted by atomic mass is 79.9. The van der Waals surface area contributed by atoms with E-state index in [1.807, 2.05) is 18.2 Å². The van der Waals surface area contributed by atoms with E-state index in [4.69, 9.17) is 4.74 Å². The normalized spacial score (nSPS) is 10.9. The van der Waals surface area contributed by atoms with Crippen molar-refractivity contribution in [3.8, 4) is 11.4 Å². The van der Waals surface area contributed by atoms with Crippen LogP contribution in [0.1, 0.15) is 11.1 Å². The lowest BCUT2D eigenvalue weighted by Gasteiger charge is -2.08. The lowest BCUT2D eigenvalue weighted by molar-refractivity contribution is -0.116. The van der Waals surface area contributed by atoms with Gasteiger partial charge in [0.1, 0.15) is 11.6 Å². The molecular formula is C20H17BrFN3O2. The van der Waals surface area contributed by atoms with E-state index in [1.165, 1.54) is 18.5 Å². The average Bonchev–Trinajstić information content (AvgIpc) is 3.19. The molecule has 0 atom stereocenters. The molecule has 2 aromatic carbocycles. The molecule has 0 radical (unpaired) electrons. The number of hydrogen-bond acceptors (Lipinski definition) is 3. The monoisotopic (exact) mass is 429 g/mol. The molecule has 0 spiro atoms. The Bertz CT molecular complexity index is 971. The van der Waals surface area contributed by atoms with Crippen molar-refractivity contribution < 1.29 is 13.9 Å². The van der Waals surface area contributed by atoms with E-state index in [9.17, 15) is 9.18 Å². The first kappa shape index (κ1) is 18.8. The van der Waals surface area contributed by atoms with Crippen molar-refractivity contribution >= 4 is 27.9 Å². The lowest BCUT2D eigenvalue weighted by atomic mass is 10.1. The van der Waals surface area contributed by atoms with Crippen LogP contribution in [0, 0.1) is 5.82 Å². The molecule has 0 aliphatic carbocycles. The van der Waals surface area contributed by atoms with Gasteiger partial charge >= 0.3 is 0 Å². The van der Waals surface area contributed by atoms with Crippen molar-refractivity contribution in [1.82, 2.24) is 14.9 Å². The minimum atomic E-state index is -0.380. The Labute approximate surface area is 164 Å². The maximum atomic E-state index is 14.2. The molecule has 0 saturated heterocycles. The van der Waals surface area contributed by atoms with Gasteiger partial charge in [0.2, 0.25) is 5.91 Å². The molecule has 3 aromatic rings. The van der Waals surface area contributed by atoms with Crippen LogP contribution in [0.15, 0.2) is 65.7 Å². The third-order valence-corrected chi connectivity index (χ3v) is 4.36. The summed E-state index contributed by atoms with van der Waals surface area (Å²) in [5.41, 5.74) is 1.85. The van der Waals surface area contributed by atoms with Gasteiger partial charge in [-0.15, -0.1) is 0 Å². The summed E-state index contributed by atoms with van der Waals surface area (Å²) >= 11 is 3.39. The number of carbonyl (C=O) groups excluding carboxylic acids is 1. The highest BCUT2D eigenvalue weighted by molar-refractivity contribution is 9.10. The molecule has 1 aromatic heterocycles. The highest BCUT2D eigenvalue weighted by Gasteiger charge is 2.06. The molecule has 138 valence electrons. The van der Waals surface area contributed by atoms with Crippen LogP contribution in [-0.4, -0.2) is 22.6 Å². The fraction of sp³-hybridized carbons (Fsp3) is 0.100. The first-order valence-electron chi connectivity index (χ1n) is 8.13. The number of imidazole rings is 1. The quantitative estimate of drug-likeness (QED) is 0.599. The van der Waals surface area contributed by atoms with Crippen LogP contribution in [0.25, 0.3) is 11.8 Å². The van der Waals surface area contributed by atoms with Crippen molar-refractivity contribution in [2.75, 3.05) is 7.11 Å². The van der Waals surface area contributed by atoms with E-state index in [2.05, 4.69) is 26.2 Å². The second kappa shape index (κ2) is 8.64. The average molecular weight is 430 g/mol. The number of ether oxygens (including phenoxy) is 1. The Morgan fingerprint density at radius 1 is 1.33 bits per heavy atom. The third-order valence-electron chi connectivity index (χ3n) is 3.87. The number of amides is 1. The smallest absolute Gasteiger partial charge is 0.244 e. The first-order valence-corrected chi connectivity index (χ1v) is 8.92. The van der Waals surface area contributed by atoms with Gasteiger partial charge in [0.25, 0.3) is 0 Å². The van der Waals surface area contributed by atoms with E-state index < -0.39 is 0 Å². The maximum absolute atomic E-state index is 14.2. The van der Waals surface area contributed by atoms with Crippen LogP contribution < -0.4 is 10.1 Å². The Morgan fingerprint density at radius 3 is 2.89 bits per heavy atom. The van der Waals surface area contributed by atoms with Gasteiger partial charge in [0.05, 0.1) is 19.1 Å². The number of halogens is 2. The Balaban J connectivity index is 1.63. The largest absolute Gasteiger partial charge is 0.496 e. The number of methoxy groups -OCH3 is 1. The van der Waals surface area contributed by atoms with Crippen molar-refractivity contribution in [2.24, 2.45) is 0 Å². The van der Waals surface area contributed by atoms with E-state index in [0.717, 1.165) is 10.0 Å². The predicted octanol–water partition coefficient (Wildman–Crippen LogP) is 4.11. The second-order valence-corrected chi connectivity index (χ2v) is 6.61. The SMILES string of the molecule is COc1ccc(Br)cc1/C=C/C(=O)NCc1ccc(-n2ccnc2)c(F)c1. The summed E-state index contributed by atoms with van der Waals surface area (Å²) in [6.07, 6.45) is 7.87. The zero-order valence-electron chi connectivity index (χ0n) is 14.5. The van der Waals surface area contributed by atoms with Crippen LogP contribution in [0.2, 0.25) is 0 Å². The first-order chi connectivity index (χ1) is 13.1. The number of rotatable bonds is 6. The van der Waals surface area contributed by atoms with Gasteiger partial charge in [-0.2, -0.15) is 0 Å². The van der Waals surface area contributed by atoms with E-state index in [0.29, 0.717) is 17.0 Å². The highest BCUT2D eigenvalue weighted by Crippen LogP contribution is 2.24. The van der Waals surface area contributed by atoms with E-state index >= 15 is 0 Å². The van der Waals surface area contributed by atoms with Crippen molar-refractivity contribution in [2.45, 2.75) is 6.54 Å². The van der Waals surface area contributed by atoms with Crippen LogP contribution >= 0.6 is 15.9 Å². The molecule has 0 aliphatic heterocycles. The molecule has 0 fully saturated rings. The van der Waals surface area contributed by atoms with Gasteiger partial charge in [-0.3, -0.25) is 4.79 Å². The molecule has 0 saturated carbocycles. The summed E-state index contributed by atoms with van der Waals surface area (Å²) in [5.74, 6) is 0.00435. The van der Waals surface area contributed by atoms with Crippen LogP contribution in [-0.2, 0) is 11.3 Å². The predicted molar refractivity (Wildman–Crippen MR) is 105 cm³/mol. The number of nitrogens with one attached hydrogen (secondary N) is 1. The van der Waals surface area contributed by atoms with Crippen molar-refractivity contribution in [3.63, 3.8) is 0 Å². The summed E-state index contributed by atoms with van der Waals surface area (Å²) in [7, 11) is 1.57. The standard InChI is InChI=1S/C20H17BrFN3O2/c1-27-19-6-4-16(21)11-15(19)3-7-20(26)24-12-14-2-5-18(17(22)10-14)25-9-8-23-13-25/h2-11,13H,12H2,1H3,(H,24,26)/b7-3+. The summed E-state index contributed by atoms with van der Waals surface area (Å²) in [6, 6.07) is 10.3. The van der Waals surface area contributed by atoms with Crippen molar-refractivity contribution in [3.05, 3.63) is 82.6 Å². The van der Waals surface area contributed by atoms with E-state index in [1.54, 1.807) is 42.3 Å². The number of aromatic nitrogens is 2. The second-order valence-electron chi connectivity index (χ2n) is 5.69. The Morgan fingerprint density at radius 2 is 2.19 bits per heavy atom. The molecule has 5 nitrogen and oxygen atoms in total. The molecule has 27 heavy (non-hydrogen) atoms. The fourth-order valence-corrected chi connectivity index (χ4v) is 2.90. The number of hydrogen-bond donors (Lipinski definition) is 1. The third kappa shape index (κ3) is 4.83. The number of nitrogens with zero attached hydrogens (tertiary/aromatic N) is 2. The summed E-state index contributed by atoms with van der Waals surface area (Å²) in [4.78, 5) is 16.0. The lowest BCUT2D eigenvalue weighted by Crippen LogP contribution is -2.20.